The molecule has 0 saturated heterocycles. The molecule has 1 aliphatic carbocycles. The van der Waals surface area contributed by atoms with Gasteiger partial charge in [0.2, 0.25) is 0 Å². The Morgan fingerprint density at radius 1 is 1.17 bits per heavy atom. The summed E-state index contributed by atoms with van der Waals surface area (Å²) >= 11 is 0. The molecule has 2 N–H and O–H groups in total. The Bertz CT molecular complexity index is 359. The van der Waals surface area contributed by atoms with E-state index in [0.29, 0.717) is 6.08 Å². The number of imide groups is 1. The lowest BCUT2D eigenvalue weighted by Gasteiger charge is -2.30. The maximum atomic E-state index is 11.7. The van der Waals surface area contributed by atoms with Crippen LogP contribution in [-0.4, -0.2) is 41.0 Å². The lowest BCUT2D eigenvalue weighted by molar-refractivity contribution is -0.131. The second-order valence-corrected chi connectivity index (χ2v) is 4.37. The summed E-state index contributed by atoms with van der Waals surface area (Å²) in [5.74, 6) is -1.94. The Labute approximate surface area is 106 Å². The Kier molecular flexibility index (Phi) is 5.35. The summed E-state index contributed by atoms with van der Waals surface area (Å²) in [4.78, 5) is 34.7. The molecule has 6 nitrogen and oxygen atoms in total. The fourth-order valence-electron chi connectivity index (χ4n) is 2.02. The van der Waals surface area contributed by atoms with Crippen molar-refractivity contribution in [3.8, 4) is 0 Å². The molecule has 0 spiro atoms. The number of urea groups is 1. The third-order valence-corrected chi connectivity index (χ3v) is 3.05. The Morgan fingerprint density at radius 2 is 1.78 bits per heavy atom. The number of carbonyl (C=O) groups is 3. The van der Waals surface area contributed by atoms with Gasteiger partial charge in [0, 0.05) is 25.2 Å². The highest BCUT2D eigenvalue weighted by molar-refractivity contribution is 6.02. The van der Waals surface area contributed by atoms with Gasteiger partial charge in [-0.2, -0.15) is 0 Å². The van der Waals surface area contributed by atoms with Gasteiger partial charge in [-0.1, -0.05) is 19.3 Å². The van der Waals surface area contributed by atoms with Gasteiger partial charge in [-0.3, -0.25) is 10.1 Å². The van der Waals surface area contributed by atoms with Crippen LogP contribution in [-0.2, 0) is 9.59 Å². The number of carboxylic acid groups (broad SMARTS) is 1. The van der Waals surface area contributed by atoms with Gasteiger partial charge in [0.15, 0.2) is 0 Å². The number of rotatable bonds is 3. The van der Waals surface area contributed by atoms with E-state index in [1.807, 2.05) is 0 Å². The molecule has 1 rings (SSSR count). The van der Waals surface area contributed by atoms with E-state index in [-0.39, 0.29) is 6.04 Å². The van der Waals surface area contributed by atoms with Crippen molar-refractivity contribution in [1.29, 1.82) is 0 Å². The second kappa shape index (κ2) is 6.78. The minimum atomic E-state index is -1.22. The largest absolute Gasteiger partial charge is 0.478 e. The van der Waals surface area contributed by atoms with Crippen LogP contribution in [0.1, 0.15) is 32.1 Å². The lowest BCUT2D eigenvalue weighted by Crippen LogP contribution is -2.46. The van der Waals surface area contributed by atoms with Crippen molar-refractivity contribution in [2.24, 2.45) is 0 Å². The Balaban J connectivity index is 2.43. The van der Waals surface area contributed by atoms with Gasteiger partial charge in [-0.15, -0.1) is 0 Å². The smallest absolute Gasteiger partial charge is 0.328 e. The van der Waals surface area contributed by atoms with Crippen molar-refractivity contribution >= 4 is 17.9 Å². The molecule has 0 atom stereocenters. The average Bonchev–Trinajstić information content (AvgIpc) is 2.36. The number of carbonyl (C=O) groups excluding carboxylic acids is 2. The van der Waals surface area contributed by atoms with Gasteiger partial charge in [0.25, 0.3) is 5.91 Å². The number of nitrogens with one attached hydrogen (secondary N) is 1. The number of hydrogen-bond donors (Lipinski definition) is 2. The molecular weight excluding hydrogens is 236 g/mol. The highest BCUT2D eigenvalue weighted by atomic mass is 16.4. The summed E-state index contributed by atoms with van der Waals surface area (Å²) in [6, 6.07) is -0.322. The van der Waals surface area contributed by atoms with Crippen LogP contribution >= 0.6 is 0 Å². The van der Waals surface area contributed by atoms with Crippen LogP contribution in [0.3, 0.4) is 0 Å². The topological polar surface area (TPSA) is 86.7 Å². The monoisotopic (exact) mass is 254 g/mol. The molecule has 0 bridgehead atoms. The zero-order valence-corrected chi connectivity index (χ0v) is 10.4. The minimum Gasteiger partial charge on any atom is -0.478 e. The fourth-order valence-corrected chi connectivity index (χ4v) is 2.02. The van der Waals surface area contributed by atoms with E-state index in [0.717, 1.165) is 31.8 Å². The summed E-state index contributed by atoms with van der Waals surface area (Å²) in [7, 11) is 1.65. The third-order valence-electron chi connectivity index (χ3n) is 3.05. The normalized spacial score (nSPS) is 16.5. The summed E-state index contributed by atoms with van der Waals surface area (Å²) < 4.78 is 0. The van der Waals surface area contributed by atoms with Crippen LogP contribution < -0.4 is 5.32 Å². The molecule has 6 heteroatoms. The van der Waals surface area contributed by atoms with E-state index in [4.69, 9.17) is 5.11 Å². The first-order valence-corrected chi connectivity index (χ1v) is 5.99. The fraction of sp³-hybridized carbons (Fsp3) is 0.583. The lowest BCUT2D eigenvalue weighted by atomic mass is 9.95. The van der Waals surface area contributed by atoms with Crippen LogP contribution in [0.15, 0.2) is 12.2 Å². The summed E-state index contributed by atoms with van der Waals surface area (Å²) in [6.07, 6.45) is 6.79. The van der Waals surface area contributed by atoms with Crippen LogP contribution in [0.5, 0.6) is 0 Å². The van der Waals surface area contributed by atoms with E-state index < -0.39 is 17.9 Å². The maximum absolute atomic E-state index is 11.7. The standard InChI is InChI=1S/C12H18N2O4/c1-14(9-5-3-2-4-6-9)12(18)13-10(15)7-8-11(16)17/h7-9H,2-6H2,1H3,(H,16,17)(H,13,15,18)/b8-7+. The molecule has 0 aromatic rings. The molecule has 0 unspecified atom stereocenters. The quantitative estimate of drug-likeness (QED) is 0.739. The van der Waals surface area contributed by atoms with Crippen LogP contribution in [0.4, 0.5) is 4.79 Å². The van der Waals surface area contributed by atoms with Gasteiger partial charge in [0.1, 0.15) is 0 Å². The van der Waals surface area contributed by atoms with Crippen molar-refractivity contribution in [2.75, 3.05) is 7.05 Å². The van der Waals surface area contributed by atoms with Gasteiger partial charge < -0.3 is 10.0 Å². The van der Waals surface area contributed by atoms with E-state index >= 15 is 0 Å². The van der Waals surface area contributed by atoms with Crippen LogP contribution in [0, 0.1) is 0 Å². The van der Waals surface area contributed by atoms with Gasteiger partial charge in [-0.25, -0.2) is 9.59 Å². The third kappa shape index (κ3) is 4.57. The first-order chi connectivity index (χ1) is 8.50. The molecule has 0 aromatic carbocycles. The van der Waals surface area contributed by atoms with Crippen molar-refractivity contribution in [1.82, 2.24) is 10.2 Å². The van der Waals surface area contributed by atoms with Crippen molar-refractivity contribution in [3.63, 3.8) is 0 Å². The molecule has 100 valence electrons. The molecule has 0 heterocycles. The van der Waals surface area contributed by atoms with Crippen LogP contribution in [0.25, 0.3) is 0 Å². The Morgan fingerprint density at radius 3 is 2.33 bits per heavy atom. The summed E-state index contributed by atoms with van der Waals surface area (Å²) in [6.45, 7) is 0. The minimum absolute atomic E-state index is 0.162. The molecule has 18 heavy (non-hydrogen) atoms. The molecule has 0 radical (unpaired) electrons. The van der Waals surface area contributed by atoms with E-state index in [1.54, 1.807) is 7.05 Å². The molecule has 1 fully saturated rings. The van der Waals surface area contributed by atoms with Crippen LogP contribution in [0.2, 0.25) is 0 Å². The Hall–Kier alpha value is -1.85. The van der Waals surface area contributed by atoms with Gasteiger partial charge >= 0.3 is 12.0 Å². The highest BCUT2D eigenvalue weighted by Crippen LogP contribution is 2.21. The molecular formula is C12H18N2O4. The SMILES string of the molecule is CN(C(=O)NC(=O)/C=C/C(=O)O)C1CCCCC1. The zero-order chi connectivity index (χ0) is 13.5. The number of carboxylic acids is 1. The maximum Gasteiger partial charge on any atom is 0.328 e. The molecule has 1 saturated carbocycles. The van der Waals surface area contributed by atoms with Gasteiger partial charge in [-0.05, 0) is 12.8 Å². The zero-order valence-electron chi connectivity index (χ0n) is 10.4. The van der Waals surface area contributed by atoms with E-state index in [1.165, 1.54) is 11.3 Å². The molecule has 1 aliphatic rings. The molecule has 0 aliphatic heterocycles. The second-order valence-electron chi connectivity index (χ2n) is 4.37. The number of amides is 3. The van der Waals surface area contributed by atoms with Gasteiger partial charge in [0.05, 0.1) is 0 Å². The van der Waals surface area contributed by atoms with E-state index in [9.17, 15) is 14.4 Å². The summed E-state index contributed by atoms with van der Waals surface area (Å²) in [5.41, 5.74) is 0. The number of aliphatic carboxylic acids is 1. The first kappa shape index (κ1) is 14.2. The number of nitrogens with zero attached hydrogens (tertiary/aromatic N) is 1. The molecule has 0 aromatic heterocycles. The highest BCUT2D eigenvalue weighted by Gasteiger charge is 2.22. The van der Waals surface area contributed by atoms with Crippen molar-refractivity contribution < 1.29 is 19.5 Å². The predicted octanol–water partition coefficient (Wildman–Crippen LogP) is 1.13. The summed E-state index contributed by atoms with van der Waals surface area (Å²) in [5, 5.41) is 10.5. The first-order valence-electron chi connectivity index (χ1n) is 5.99. The predicted molar refractivity (Wildman–Crippen MR) is 65.0 cm³/mol. The average molecular weight is 254 g/mol. The van der Waals surface area contributed by atoms with E-state index in [2.05, 4.69) is 5.32 Å². The van der Waals surface area contributed by atoms with Crippen molar-refractivity contribution in [3.05, 3.63) is 12.2 Å². The number of hydrogen-bond acceptors (Lipinski definition) is 3. The molecule has 3 amide bonds. The van der Waals surface area contributed by atoms with Crippen molar-refractivity contribution in [2.45, 2.75) is 38.1 Å².